The van der Waals surface area contributed by atoms with E-state index in [4.69, 9.17) is 4.74 Å². The molecule has 2 fully saturated rings. The van der Waals surface area contributed by atoms with Gasteiger partial charge in [0.1, 0.15) is 0 Å². The van der Waals surface area contributed by atoms with Crippen LogP contribution in [0.25, 0.3) is 0 Å². The number of carbonyl (C=O) groups is 1. The second-order valence-corrected chi connectivity index (χ2v) is 6.19. The first-order chi connectivity index (χ1) is 9.69. The van der Waals surface area contributed by atoms with Crippen LogP contribution in [-0.2, 0) is 9.53 Å². The summed E-state index contributed by atoms with van der Waals surface area (Å²) < 4.78 is 6.25. The van der Waals surface area contributed by atoms with Gasteiger partial charge in [0.2, 0.25) is 5.91 Å². The highest BCUT2D eigenvalue weighted by atomic mass is 16.5. The summed E-state index contributed by atoms with van der Waals surface area (Å²) in [6.07, 6.45) is 8.54. The van der Waals surface area contributed by atoms with Crippen LogP contribution >= 0.6 is 0 Å². The van der Waals surface area contributed by atoms with Gasteiger partial charge in [0, 0.05) is 32.6 Å². The van der Waals surface area contributed by atoms with Crippen molar-refractivity contribution in [3.05, 3.63) is 0 Å². The molecule has 1 atom stereocenters. The third kappa shape index (κ3) is 3.95. The van der Waals surface area contributed by atoms with E-state index in [0.717, 1.165) is 26.2 Å². The zero-order valence-electron chi connectivity index (χ0n) is 13.1. The van der Waals surface area contributed by atoms with E-state index in [0.29, 0.717) is 12.5 Å². The van der Waals surface area contributed by atoms with Crippen LogP contribution in [-0.4, -0.2) is 48.7 Å². The minimum Gasteiger partial charge on any atom is -0.370 e. The van der Waals surface area contributed by atoms with Gasteiger partial charge in [0.05, 0.1) is 11.7 Å². The smallest absolute Gasteiger partial charge is 0.223 e. The molecule has 1 saturated heterocycles. The number of carbonyl (C=O) groups excluding carboxylic acids is 1. The van der Waals surface area contributed by atoms with Gasteiger partial charge in [0.15, 0.2) is 0 Å². The normalized spacial score (nSPS) is 24.4. The average Bonchev–Trinajstić information content (AvgIpc) is 3.07. The maximum Gasteiger partial charge on any atom is 0.223 e. The predicted molar refractivity (Wildman–Crippen MR) is 80.7 cm³/mol. The molecule has 1 aliphatic heterocycles. The third-order valence-corrected chi connectivity index (χ3v) is 4.86. The lowest BCUT2D eigenvalue weighted by Crippen LogP contribution is -2.35. The van der Waals surface area contributed by atoms with Crippen molar-refractivity contribution in [2.24, 2.45) is 0 Å². The van der Waals surface area contributed by atoms with E-state index in [1.807, 2.05) is 18.7 Å². The number of ether oxygens (including phenoxy) is 1. The van der Waals surface area contributed by atoms with E-state index >= 15 is 0 Å². The molecule has 116 valence electrons. The summed E-state index contributed by atoms with van der Waals surface area (Å²) in [5, 5.41) is 3.40. The Morgan fingerprint density at radius 3 is 2.60 bits per heavy atom. The SMILES string of the molecule is CCN(CC)C(=O)CCNCC1CCC2(CCCC2)O1. The molecule has 1 N–H and O–H groups in total. The Morgan fingerprint density at radius 1 is 1.25 bits per heavy atom. The van der Waals surface area contributed by atoms with Crippen LogP contribution in [0.15, 0.2) is 0 Å². The van der Waals surface area contributed by atoms with Gasteiger partial charge >= 0.3 is 0 Å². The van der Waals surface area contributed by atoms with Crippen LogP contribution in [0.2, 0.25) is 0 Å². The molecule has 4 nitrogen and oxygen atoms in total. The highest BCUT2D eigenvalue weighted by Crippen LogP contribution is 2.43. The van der Waals surface area contributed by atoms with Gasteiger partial charge in [-0.15, -0.1) is 0 Å². The minimum atomic E-state index is 0.226. The van der Waals surface area contributed by atoms with Crippen LogP contribution in [0.1, 0.15) is 58.8 Å². The summed E-state index contributed by atoms with van der Waals surface area (Å²) in [6, 6.07) is 0. The molecule has 1 unspecified atom stereocenters. The summed E-state index contributed by atoms with van der Waals surface area (Å²) in [7, 11) is 0. The molecule has 0 aromatic rings. The number of rotatable bonds is 7. The van der Waals surface area contributed by atoms with Crippen LogP contribution in [0.5, 0.6) is 0 Å². The number of nitrogens with one attached hydrogen (secondary N) is 1. The topological polar surface area (TPSA) is 41.6 Å². The summed E-state index contributed by atoms with van der Waals surface area (Å²) in [4.78, 5) is 13.8. The predicted octanol–water partition coefficient (Wildman–Crippen LogP) is 2.33. The lowest BCUT2D eigenvalue weighted by Gasteiger charge is -2.24. The molecule has 4 heteroatoms. The standard InChI is InChI=1S/C16H30N2O2/c1-3-18(4-2)15(19)8-12-17-13-14-7-11-16(20-14)9-5-6-10-16/h14,17H,3-13H2,1-2H3. The fourth-order valence-corrected chi connectivity index (χ4v) is 3.62. The van der Waals surface area contributed by atoms with Gasteiger partial charge in [-0.25, -0.2) is 0 Å². The van der Waals surface area contributed by atoms with E-state index in [1.54, 1.807) is 0 Å². The van der Waals surface area contributed by atoms with Crippen LogP contribution in [0.4, 0.5) is 0 Å². The fourth-order valence-electron chi connectivity index (χ4n) is 3.62. The van der Waals surface area contributed by atoms with Crippen LogP contribution in [0, 0.1) is 0 Å². The van der Waals surface area contributed by atoms with Crippen molar-refractivity contribution in [1.82, 2.24) is 10.2 Å². The zero-order valence-corrected chi connectivity index (χ0v) is 13.1. The summed E-state index contributed by atoms with van der Waals surface area (Å²) >= 11 is 0. The summed E-state index contributed by atoms with van der Waals surface area (Å²) in [6.45, 7) is 7.34. The molecular weight excluding hydrogens is 252 g/mol. The number of hydrogen-bond donors (Lipinski definition) is 1. The van der Waals surface area contributed by atoms with E-state index in [1.165, 1.54) is 38.5 Å². The average molecular weight is 282 g/mol. The van der Waals surface area contributed by atoms with E-state index < -0.39 is 0 Å². The first-order valence-corrected chi connectivity index (χ1v) is 8.35. The summed E-state index contributed by atoms with van der Waals surface area (Å²) in [5.41, 5.74) is 0.226. The quantitative estimate of drug-likeness (QED) is 0.729. The van der Waals surface area contributed by atoms with E-state index in [9.17, 15) is 4.79 Å². The molecule has 1 saturated carbocycles. The van der Waals surface area contributed by atoms with Crippen molar-refractivity contribution >= 4 is 5.91 Å². The van der Waals surface area contributed by atoms with Gasteiger partial charge in [0.25, 0.3) is 0 Å². The van der Waals surface area contributed by atoms with Crippen LogP contribution < -0.4 is 5.32 Å². The Labute approximate surface area is 123 Å². The molecule has 1 spiro atoms. The van der Waals surface area contributed by atoms with Crippen molar-refractivity contribution in [2.45, 2.75) is 70.5 Å². The van der Waals surface area contributed by atoms with Crippen molar-refractivity contribution in [3.8, 4) is 0 Å². The minimum absolute atomic E-state index is 0.226. The first-order valence-electron chi connectivity index (χ1n) is 8.35. The van der Waals surface area contributed by atoms with Gasteiger partial charge in [-0.3, -0.25) is 4.79 Å². The summed E-state index contributed by atoms with van der Waals surface area (Å²) in [5.74, 6) is 0.252. The van der Waals surface area contributed by atoms with Gasteiger partial charge in [-0.05, 0) is 39.5 Å². The maximum absolute atomic E-state index is 11.9. The molecular formula is C16H30N2O2. The van der Waals surface area contributed by atoms with Crippen molar-refractivity contribution in [1.29, 1.82) is 0 Å². The second-order valence-electron chi connectivity index (χ2n) is 6.19. The van der Waals surface area contributed by atoms with Crippen molar-refractivity contribution in [3.63, 3.8) is 0 Å². The Hall–Kier alpha value is -0.610. The number of amides is 1. The van der Waals surface area contributed by atoms with Gasteiger partial charge in [-0.2, -0.15) is 0 Å². The second kappa shape index (κ2) is 7.41. The third-order valence-electron chi connectivity index (χ3n) is 4.86. The molecule has 0 aromatic carbocycles. The monoisotopic (exact) mass is 282 g/mol. The molecule has 0 bridgehead atoms. The molecule has 1 aliphatic carbocycles. The molecule has 0 aromatic heterocycles. The Balaban J connectivity index is 1.59. The molecule has 1 heterocycles. The maximum atomic E-state index is 11.9. The molecule has 2 rings (SSSR count). The number of nitrogens with zero attached hydrogens (tertiary/aromatic N) is 1. The molecule has 20 heavy (non-hydrogen) atoms. The molecule has 0 radical (unpaired) electrons. The van der Waals surface area contributed by atoms with E-state index in [-0.39, 0.29) is 11.5 Å². The lowest BCUT2D eigenvalue weighted by molar-refractivity contribution is -0.130. The van der Waals surface area contributed by atoms with Gasteiger partial charge < -0.3 is 15.0 Å². The Kier molecular flexibility index (Phi) is 5.85. The zero-order chi connectivity index (χ0) is 14.4. The van der Waals surface area contributed by atoms with Crippen molar-refractivity contribution in [2.75, 3.05) is 26.2 Å². The number of hydrogen-bond acceptors (Lipinski definition) is 3. The molecule has 2 aliphatic rings. The molecule has 1 amide bonds. The van der Waals surface area contributed by atoms with Crippen LogP contribution in [0.3, 0.4) is 0 Å². The highest BCUT2D eigenvalue weighted by Gasteiger charge is 2.41. The highest BCUT2D eigenvalue weighted by molar-refractivity contribution is 5.76. The Bertz CT molecular complexity index is 310. The van der Waals surface area contributed by atoms with E-state index in [2.05, 4.69) is 5.32 Å². The Morgan fingerprint density at radius 2 is 1.95 bits per heavy atom. The van der Waals surface area contributed by atoms with Gasteiger partial charge in [-0.1, -0.05) is 12.8 Å². The largest absolute Gasteiger partial charge is 0.370 e. The fraction of sp³-hybridized carbons (Fsp3) is 0.938. The lowest BCUT2D eigenvalue weighted by atomic mass is 9.98. The first kappa shape index (κ1) is 15.8. The van der Waals surface area contributed by atoms with Crippen molar-refractivity contribution < 1.29 is 9.53 Å².